The van der Waals surface area contributed by atoms with Crippen LogP contribution in [0.2, 0.25) is 0 Å². The first-order valence-electron chi connectivity index (χ1n) is 8.76. The number of amides is 1. The molecule has 0 unspecified atom stereocenters. The van der Waals surface area contributed by atoms with Crippen molar-refractivity contribution >= 4 is 5.91 Å². The zero-order valence-electron chi connectivity index (χ0n) is 14.8. The van der Waals surface area contributed by atoms with E-state index in [1.54, 1.807) is 0 Å². The van der Waals surface area contributed by atoms with Crippen molar-refractivity contribution in [3.8, 4) is 0 Å². The van der Waals surface area contributed by atoms with Gasteiger partial charge in [0.25, 0.3) is 0 Å². The van der Waals surface area contributed by atoms with Gasteiger partial charge in [-0.3, -0.25) is 9.69 Å². The summed E-state index contributed by atoms with van der Waals surface area (Å²) in [6.07, 6.45) is 1.92. The Morgan fingerprint density at radius 2 is 1.75 bits per heavy atom. The molecule has 0 saturated carbocycles. The molecule has 0 aliphatic rings. The second-order valence-electron chi connectivity index (χ2n) is 6.22. The fraction of sp³-hybridized carbons (Fsp3) is 0.381. The van der Waals surface area contributed by atoms with E-state index in [1.165, 1.54) is 16.7 Å². The molecule has 2 aromatic carbocycles. The van der Waals surface area contributed by atoms with Crippen molar-refractivity contribution in [1.29, 1.82) is 0 Å². The van der Waals surface area contributed by atoms with Gasteiger partial charge in [-0.2, -0.15) is 0 Å². The lowest BCUT2D eigenvalue weighted by atomic mass is 10.1. The minimum atomic E-state index is 0.105. The lowest BCUT2D eigenvalue weighted by Gasteiger charge is -2.21. The Bertz CT molecular complexity index is 625. The molecule has 2 rings (SSSR count). The fourth-order valence-corrected chi connectivity index (χ4v) is 2.86. The Hall–Kier alpha value is -2.13. The highest BCUT2D eigenvalue weighted by atomic mass is 16.2. The van der Waals surface area contributed by atoms with Crippen molar-refractivity contribution in [2.24, 2.45) is 0 Å². The van der Waals surface area contributed by atoms with Crippen LogP contribution in [0.5, 0.6) is 0 Å². The second-order valence-corrected chi connectivity index (χ2v) is 6.22. The van der Waals surface area contributed by atoms with Gasteiger partial charge in [0.05, 0.1) is 6.54 Å². The predicted molar refractivity (Wildman–Crippen MR) is 99.9 cm³/mol. The van der Waals surface area contributed by atoms with E-state index in [2.05, 4.69) is 48.3 Å². The molecule has 2 aromatic rings. The highest BCUT2D eigenvalue weighted by Gasteiger charge is 2.10. The van der Waals surface area contributed by atoms with Crippen LogP contribution in [0.25, 0.3) is 0 Å². The topological polar surface area (TPSA) is 32.3 Å². The van der Waals surface area contributed by atoms with Crippen molar-refractivity contribution in [3.05, 3.63) is 71.3 Å². The van der Waals surface area contributed by atoms with E-state index in [9.17, 15) is 4.79 Å². The van der Waals surface area contributed by atoms with Crippen molar-refractivity contribution in [3.63, 3.8) is 0 Å². The van der Waals surface area contributed by atoms with Crippen molar-refractivity contribution in [2.45, 2.75) is 33.2 Å². The van der Waals surface area contributed by atoms with E-state index in [1.807, 2.05) is 30.3 Å². The van der Waals surface area contributed by atoms with Gasteiger partial charge >= 0.3 is 0 Å². The summed E-state index contributed by atoms with van der Waals surface area (Å²) in [4.78, 5) is 14.4. The molecule has 0 aliphatic carbocycles. The van der Waals surface area contributed by atoms with Gasteiger partial charge in [-0.25, -0.2) is 0 Å². The van der Waals surface area contributed by atoms with Gasteiger partial charge in [-0.1, -0.05) is 61.5 Å². The number of carbonyl (C=O) groups excluding carboxylic acids is 1. The van der Waals surface area contributed by atoms with E-state index in [0.29, 0.717) is 13.1 Å². The van der Waals surface area contributed by atoms with E-state index in [-0.39, 0.29) is 5.91 Å². The summed E-state index contributed by atoms with van der Waals surface area (Å²) in [5.74, 6) is 0.105. The molecule has 128 valence electrons. The Balaban J connectivity index is 1.79. The largest absolute Gasteiger partial charge is 0.355 e. The molecule has 0 heterocycles. The van der Waals surface area contributed by atoms with Crippen LogP contribution in [-0.2, 0) is 17.8 Å². The van der Waals surface area contributed by atoms with Gasteiger partial charge < -0.3 is 5.32 Å². The van der Waals surface area contributed by atoms with E-state index in [0.717, 1.165) is 25.9 Å². The Morgan fingerprint density at radius 3 is 2.46 bits per heavy atom. The zero-order valence-corrected chi connectivity index (χ0v) is 14.8. The number of rotatable bonds is 9. The molecule has 0 fully saturated rings. The molecule has 0 spiro atoms. The number of nitrogens with one attached hydrogen (secondary N) is 1. The molecular formula is C21H28N2O. The van der Waals surface area contributed by atoms with Gasteiger partial charge in [0.1, 0.15) is 0 Å². The van der Waals surface area contributed by atoms with Crippen LogP contribution in [0, 0.1) is 6.92 Å². The molecule has 0 bridgehead atoms. The first-order valence-corrected chi connectivity index (χ1v) is 8.76. The predicted octanol–water partition coefficient (Wildman–Crippen LogP) is 3.57. The highest BCUT2D eigenvalue weighted by molar-refractivity contribution is 5.78. The highest BCUT2D eigenvalue weighted by Crippen LogP contribution is 2.07. The molecule has 0 atom stereocenters. The van der Waals surface area contributed by atoms with E-state index in [4.69, 9.17) is 0 Å². The summed E-state index contributed by atoms with van der Waals surface area (Å²) in [7, 11) is 0. The average Bonchev–Trinajstić information content (AvgIpc) is 2.58. The summed E-state index contributed by atoms with van der Waals surface area (Å²) >= 11 is 0. The van der Waals surface area contributed by atoms with Gasteiger partial charge in [-0.15, -0.1) is 0 Å². The number of hydrogen-bond donors (Lipinski definition) is 1. The standard InChI is InChI=1S/C21H28N2O/c1-3-15-23(16-19-10-5-4-6-11-19)17-21(24)22-14-13-20-12-8-7-9-18(20)2/h4-12H,3,13-17H2,1-2H3,(H,22,24). The van der Waals surface area contributed by atoms with E-state index < -0.39 is 0 Å². The van der Waals surface area contributed by atoms with E-state index >= 15 is 0 Å². The lowest BCUT2D eigenvalue weighted by molar-refractivity contribution is -0.122. The quantitative estimate of drug-likeness (QED) is 0.765. The van der Waals surface area contributed by atoms with Crippen LogP contribution in [0.1, 0.15) is 30.0 Å². The molecule has 0 saturated heterocycles. The van der Waals surface area contributed by atoms with Crippen molar-refractivity contribution in [1.82, 2.24) is 10.2 Å². The first kappa shape index (κ1) is 18.2. The van der Waals surface area contributed by atoms with Crippen LogP contribution in [-0.4, -0.2) is 30.4 Å². The van der Waals surface area contributed by atoms with Gasteiger partial charge in [-0.05, 0) is 43.0 Å². The fourth-order valence-electron chi connectivity index (χ4n) is 2.86. The number of hydrogen-bond acceptors (Lipinski definition) is 2. The average molecular weight is 324 g/mol. The summed E-state index contributed by atoms with van der Waals surface area (Å²) in [5, 5.41) is 3.05. The molecule has 3 heteroatoms. The molecule has 1 amide bonds. The third-order valence-corrected chi connectivity index (χ3v) is 4.13. The lowest BCUT2D eigenvalue weighted by Crippen LogP contribution is -2.38. The third-order valence-electron chi connectivity index (χ3n) is 4.13. The maximum absolute atomic E-state index is 12.2. The maximum atomic E-state index is 12.2. The van der Waals surface area contributed by atoms with Crippen LogP contribution in [0.4, 0.5) is 0 Å². The molecule has 0 aromatic heterocycles. The third kappa shape index (κ3) is 6.17. The Labute approximate surface area is 145 Å². The van der Waals surface area contributed by atoms with Gasteiger partial charge in [0, 0.05) is 13.1 Å². The molecule has 0 radical (unpaired) electrons. The Kier molecular flexibility index (Phi) is 7.50. The van der Waals surface area contributed by atoms with Gasteiger partial charge in [0.15, 0.2) is 0 Å². The molecule has 0 aliphatic heterocycles. The van der Waals surface area contributed by atoms with Crippen LogP contribution in [0.3, 0.4) is 0 Å². The molecule has 1 N–H and O–H groups in total. The minimum absolute atomic E-state index is 0.105. The molecule has 3 nitrogen and oxygen atoms in total. The SMILES string of the molecule is CCCN(CC(=O)NCCc1ccccc1C)Cc1ccccc1. The summed E-state index contributed by atoms with van der Waals surface area (Å²) < 4.78 is 0. The smallest absolute Gasteiger partial charge is 0.234 e. The summed E-state index contributed by atoms with van der Waals surface area (Å²) in [6.45, 7) is 7.15. The number of nitrogens with zero attached hydrogens (tertiary/aromatic N) is 1. The minimum Gasteiger partial charge on any atom is -0.355 e. The molecule has 24 heavy (non-hydrogen) atoms. The zero-order chi connectivity index (χ0) is 17.2. The van der Waals surface area contributed by atoms with Crippen LogP contribution < -0.4 is 5.32 Å². The normalized spacial score (nSPS) is 10.8. The molecular weight excluding hydrogens is 296 g/mol. The first-order chi connectivity index (χ1) is 11.7. The summed E-state index contributed by atoms with van der Waals surface area (Å²) in [5.41, 5.74) is 3.83. The van der Waals surface area contributed by atoms with Gasteiger partial charge in [0.2, 0.25) is 5.91 Å². The number of benzene rings is 2. The van der Waals surface area contributed by atoms with Crippen LogP contribution in [0.15, 0.2) is 54.6 Å². The van der Waals surface area contributed by atoms with Crippen molar-refractivity contribution in [2.75, 3.05) is 19.6 Å². The maximum Gasteiger partial charge on any atom is 0.234 e. The second kappa shape index (κ2) is 9.89. The number of carbonyl (C=O) groups is 1. The Morgan fingerprint density at radius 1 is 1.04 bits per heavy atom. The summed E-state index contributed by atoms with van der Waals surface area (Å²) in [6, 6.07) is 18.7. The monoisotopic (exact) mass is 324 g/mol. The van der Waals surface area contributed by atoms with Crippen LogP contribution >= 0.6 is 0 Å². The number of aryl methyl sites for hydroxylation is 1. The van der Waals surface area contributed by atoms with Crippen molar-refractivity contribution < 1.29 is 4.79 Å².